The summed E-state index contributed by atoms with van der Waals surface area (Å²) in [7, 11) is 0. The zero-order chi connectivity index (χ0) is 25.6. The maximum absolute atomic E-state index is 13.1. The number of piperidine rings is 1. The summed E-state index contributed by atoms with van der Waals surface area (Å²) >= 11 is 0. The highest BCUT2D eigenvalue weighted by atomic mass is 16.7. The van der Waals surface area contributed by atoms with Gasteiger partial charge >= 0.3 is 0 Å². The number of anilines is 1. The number of para-hydroxylation sites is 3. The van der Waals surface area contributed by atoms with E-state index in [2.05, 4.69) is 41.3 Å². The molecule has 2 saturated heterocycles. The van der Waals surface area contributed by atoms with Crippen LogP contribution in [-0.4, -0.2) is 79.8 Å². The summed E-state index contributed by atoms with van der Waals surface area (Å²) < 4.78 is 12.1. The summed E-state index contributed by atoms with van der Waals surface area (Å²) in [6, 6.07) is 18.1. The molecule has 198 valence electrons. The molecule has 3 aliphatic rings. The lowest BCUT2D eigenvalue weighted by molar-refractivity contribution is -0.130. The Kier molecular flexibility index (Phi) is 8.16. The second kappa shape index (κ2) is 11.9. The molecule has 0 radical (unpaired) electrons. The standard InChI is InChI=1S/C29H38N4O4/c1-22(2)35-28-11-7-6-10-27(28)32-18-16-31(17-19-32)21-25-20-26(30-37-25)29(34)33-14-12-24(13-15-33)36-23-8-4-3-5-9-23/h3-11,20,22,24-25,30H,12-19,21H2,1-2H3/t25-/m0/s1. The van der Waals surface area contributed by atoms with Crippen LogP contribution in [0.15, 0.2) is 66.4 Å². The summed E-state index contributed by atoms with van der Waals surface area (Å²) in [6.07, 6.45) is 3.74. The third-order valence-corrected chi connectivity index (χ3v) is 7.06. The van der Waals surface area contributed by atoms with Crippen LogP contribution >= 0.6 is 0 Å². The minimum Gasteiger partial charge on any atom is -0.490 e. The van der Waals surface area contributed by atoms with E-state index in [-0.39, 0.29) is 24.2 Å². The smallest absolute Gasteiger partial charge is 0.271 e. The van der Waals surface area contributed by atoms with Crippen LogP contribution in [0, 0.1) is 0 Å². The van der Waals surface area contributed by atoms with E-state index < -0.39 is 0 Å². The van der Waals surface area contributed by atoms with Crippen LogP contribution in [0.2, 0.25) is 0 Å². The summed E-state index contributed by atoms with van der Waals surface area (Å²) in [6.45, 7) is 9.95. The molecule has 8 heteroatoms. The van der Waals surface area contributed by atoms with Crippen molar-refractivity contribution < 1.29 is 19.1 Å². The Morgan fingerprint density at radius 1 is 0.973 bits per heavy atom. The lowest BCUT2D eigenvalue weighted by Gasteiger charge is -2.37. The Bertz CT molecular complexity index is 1060. The van der Waals surface area contributed by atoms with E-state index in [9.17, 15) is 4.79 Å². The number of amides is 1. The summed E-state index contributed by atoms with van der Waals surface area (Å²) in [5, 5.41) is 0. The first kappa shape index (κ1) is 25.4. The number of hydrogen-bond donors (Lipinski definition) is 1. The first-order valence-electron chi connectivity index (χ1n) is 13.4. The number of hydroxylamine groups is 1. The number of hydrogen-bond acceptors (Lipinski definition) is 7. The van der Waals surface area contributed by atoms with Gasteiger partial charge in [-0.25, -0.2) is 0 Å². The number of nitrogens with one attached hydrogen (secondary N) is 1. The van der Waals surface area contributed by atoms with Crippen LogP contribution < -0.4 is 19.9 Å². The van der Waals surface area contributed by atoms with Gasteiger partial charge in [0.2, 0.25) is 0 Å². The molecule has 0 aromatic heterocycles. The number of benzene rings is 2. The van der Waals surface area contributed by atoms with Crippen LogP contribution in [0.25, 0.3) is 0 Å². The molecule has 8 nitrogen and oxygen atoms in total. The van der Waals surface area contributed by atoms with Gasteiger partial charge in [-0.2, -0.15) is 0 Å². The van der Waals surface area contributed by atoms with Crippen LogP contribution in [0.3, 0.4) is 0 Å². The quantitative estimate of drug-likeness (QED) is 0.588. The Morgan fingerprint density at radius 3 is 2.41 bits per heavy atom. The minimum absolute atomic E-state index is 0.00670. The molecule has 3 heterocycles. The average Bonchev–Trinajstić information content (AvgIpc) is 3.38. The van der Waals surface area contributed by atoms with Crippen molar-refractivity contribution in [2.75, 3.05) is 50.7 Å². The molecular weight excluding hydrogens is 468 g/mol. The van der Waals surface area contributed by atoms with Gasteiger partial charge < -0.3 is 19.3 Å². The molecule has 0 saturated carbocycles. The van der Waals surface area contributed by atoms with E-state index in [1.54, 1.807) is 0 Å². The molecule has 0 unspecified atom stereocenters. The molecule has 2 aromatic rings. The molecule has 2 aromatic carbocycles. The van der Waals surface area contributed by atoms with Gasteiger partial charge in [0.15, 0.2) is 0 Å². The monoisotopic (exact) mass is 506 g/mol. The SMILES string of the molecule is CC(C)Oc1ccccc1N1CCN(C[C@@H]2C=C(C(=O)N3CCC(Oc4ccccc4)CC3)NO2)CC1. The topological polar surface area (TPSA) is 66.5 Å². The van der Waals surface area contributed by atoms with Crippen molar-refractivity contribution in [3.8, 4) is 11.5 Å². The number of nitrogens with zero attached hydrogens (tertiary/aromatic N) is 3. The maximum Gasteiger partial charge on any atom is 0.271 e. The van der Waals surface area contributed by atoms with E-state index in [1.165, 1.54) is 0 Å². The number of rotatable bonds is 8. The van der Waals surface area contributed by atoms with Gasteiger partial charge in [0.1, 0.15) is 29.4 Å². The molecule has 3 aliphatic heterocycles. The third-order valence-electron chi connectivity index (χ3n) is 7.06. The van der Waals surface area contributed by atoms with E-state index >= 15 is 0 Å². The summed E-state index contributed by atoms with van der Waals surface area (Å²) in [5.74, 6) is 1.83. The van der Waals surface area contributed by atoms with Crippen molar-refractivity contribution in [1.29, 1.82) is 0 Å². The van der Waals surface area contributed by atoms with Crippen molar-refractivity contribution >= 4 is 11.6 Å². The first-order chi connectivity index (χ1) is 18.0. The first-order valence-corrected chi connectivity index (χ1v) is 13.4. The van der Waals surface area contributed by atoms with Gasteiger partial charge in [-0.3, -0.25) is 20.0 Å². The number of carbonyl (C=O) groups is 1. The lowest BCUT2D eigenvalue weighted by Crippen LogP contribution is -2.48. The van der Waals surface area contributed by atoms with Crippen molar-refractivity contribution in [3.05, 3.63) is 66.4 Å². The molecule has 1 amide bonds. The van der Waals surface area contributed by atoms with Crippen molar-refractivity contribution in [2.45, 2.75) is 45.0 Å². The van der Waals surface area contributed by atoms with E-state index in [4.69, 9.17) is 14.3 Å². The van der Waals surface area contributed by atoms with Gasteiger partial charge in [0.05, 0.1) is 11.8 Å². The Labute approximate surface area is 219 Å². The fraction of sp³-hybridized carbons (Fsp3) is 0.483. The lowest BCUT2D eigenvalue weighted by atomic mass is 10.1. The van der Waals surface area contributed by atoms with Crippen molar-refractivity contribution in [3.63, 3.8) is 0 Å². The second-order valence-electron chi connectivity index (χ2n) is 10.2. The predicted octanol–water partition coefficient (Wildman–Crippen LogP) is 3.45. The maximum atomic E-state index is 13.1. The number of carbonyl (C=O) groups excluding carboxylic acids is 1. The van der Waals surface area contributed by atoms with Crippen molar-refractivity contribution in [1.82, 2.24) is 15.3 Å². The van der Waals surface area contributed by atoms with Gasteiger partial charge in [0.25, 0.3) is 5.91 Å². The highest BCUT2D eigenvalue weighted by molar-refractivity contribution is 5.93. The Morgan fingerprint density at radius 2 is 1.68 bits per heavy atom. The molecule has 0 bridgehead atoms. The molecule has 1 atom stereocenters. The van der Waals surface area contributed by atoms with Gasteiger partial charge in [0, 0.05) is 58.7 Å². The minimum atomic E-state index is -0.138. The highest BCUT2D eigenvalue weighted by Gasteiger charge is 2.30. The van der Waals surface area contributed by atoms with Crippen LogP contribution in [-0.2, 0) is 9.63 Å². The van der Waals surface area contributed by atoms with Gasteiger partial charge in [-0.05, 0) is 44.2 Å². The molecular formula is C29H38N4O4. The molecule has 1 N–H and O–H groups in total. The molecule has 0 aliphatic carbocycles. The second-order valence-corrected chi connectivity index (χ2v) is 10.2. The Balaban J connectivity index is 1.07. The molecule has 5 rings (SSSR count). The summed E-state index contributed by atoms with van der Waals surface area (Å²) in [4.78, 5) is 25.5. The van der Waals surface area contributed by atoms with Crippen LogP contribution in [0.5, 0.6) is 11.5 Å². The fourth-order valence-corrected chi connectivity index (χ4v) is 5.13. The van der Waals surface area contributed by atoms with Gasteiger partial charge in [-0.15, -0.1) is 0 Å². The van der Waals surface area contributed by atoms with E-state index in [1.807, 2.05) is 53.4 Å². The van der Waals surface area contributed by atoms with E-state index in [0.29, 0.717) is 18.8 Å². The zero-order valence-corrected chi connectivity index (χ0v) is 21.8. The number of piperazine rings is 1. The van der Waals surface area contributed by atoms with Gasteiger partial charge in [-0.1, -0.05) is 30.3 Å². The largest absolute Gasteiger partial charge is 0.490 e. The molecule has 0 spiro atoms. The fourth-order valence-electron chi connectivity index (χ4n) is 5.13. The van der Waals surface area contributed by atoms with Crippen LogP contribution in [0.4, 0.5) is 5.69 Å². The van der Waals surface area contributed by atoms with Crippen molar-refractivity contribution in [2.24, 2.45) is 0 Å². The number of ether oxygens (including phenoxy) is 2. The molecule has 2 fully saturated rings. The predicted molar refractivity (Wildman–Crippen MR) is 144 cm³/mol. The normalized spacial score (nSPS) is 21.1. The number of likely N-dealkylation sites (tertiary alicyclic amines) is 1. The summed E-state index contributed by atoms with van der Waals surface area (Å²) in [5.41, 5.74) is 4.59. The van der Waals surface area contributed by atoms with E-state index in [0.717, 1.165) is 62.8 Å². The average molecular weight is 507 g/mol. The third kappa shape index (κ3) is 6.56. The highest BCUT2D eigenvalue weighted by Crippen LogP contribution is 2.30. The zero-order valence-electron chi connectivity index (χ0n) is 21.8. The molecule has 37 heavy (non-hydrogen) atoms. The van der Waals surface area contributed by atoms with Crippen LogP contribution in [0.1, 0.15) is 26.7 Å². The Hall–Kier alpha value is -3.23.